The first kappa shape index (κ1) is 27.6. The number of hydrogen-bond acceptors (Lipinski definition) is 5. The van der Waals surface area contributed by atoms with Gasteiger partial charge in [0.1, 0.15) is 0 Å². The van der Waals surface area contributed by atoms with E-state index in [0.29, 0.717) is 29.6 Å². The first-order valence-corrected chi connectivity index (χ1v) is 15.5. The van der Waals surface area contributed by atoms with Crippen LogP contribution in [0.1, 0.15) is 73.0 Å². The molecule has 220 valence electrons. The highest BCUT2D eigenvalue weighted by molar-refractivity contribution is 6.30. The largest absolute Gasteiger partial charge is 0.342 e. The number of halogens is 1. The summed E-state index contributed by atoms with van der Waals surface area (Å²) in [5.74, 6) is -0.488. The predicted octanol–water partition coefficient (Wildman–Crippen LogP) is 5.08. The molecule has 7 rings (SSSR count). The van der Waals surface area contributed by atoms with Crippen LogP contribution < -0.4 is 5.32 Å². The van der Waals surface area contributed by atoms with E-state index in [1.165, 1.54) is 39.6 Å². The summed E-state index contributed by atoms with van der Waals surface area (Å²) in [5, 5.41) is 5.92. The van der Waals surface area contributed by atoms with Gasteiger partial charge in [-0.3, -0.25) is 24.7 Å². The monoisotopic (exact) mass is 587 g/mol. The molecule has 0 aromatic heterocycles. The molecule has 0 radical (unpaired) electrons. The van der Waals surface area contributed by atoms with Gasteiger partial charge < -0.3 is 0 Å². The minimum Gasteiger partial charge on any atom is -0.294 e. The second-order valence-electron chi connectivity index (χ2n) is 13.4. The molecule has 2 aromatic rings. The van der Waals surface area contributed by atoms with Gasteiger partial charge in [-0.2, -0.15) is 0 Å². The zero-order chi connectivity index (χ0) is 29.2. The van der Waals surface area contributed by atoms with Crippen LogP contribution in [0.4, 0.5) is 4.79 Å². The molecule has 0 saturated carbocycles. The fourth-order valence-electron chi connectivity index (χ4n) is 7.60. The third-order valence-corrected chi connectivity index (χ3v) is 10.2. The Bertz CT molecular complexity index is 1490. The molecule has 5 aliphatic rings. The van der Waals surface area contributed by atoms with Crippen LogP contribution in [-0.4, -0.2) is 75.9 Å². The van der Waals surface area contributed by atoms with Gasteiger partial charge in [-0.15, -0.1) is 0 Å². The molecule has 3 saturated heterocycles. The molecule has 42 heavy (non-hydrogen) atoms. The number of amides is 4. The van der Waals surface area contributed by atoms with Crippen LogP contribution in [-0.2, 0) is 17.9 Å². The summed E-state index contributed by atoms with van der Waals surface area (Å²) in [5.41, 5.74) is 7.51. The standard InChI is InChI=1S/C33H38ClN5O3/c1-33(2)11-9-23(29(15-33)22-4-6-25(34)7-5-22)17-37-20-26-14-27(37)19-36(26)16-21-3-8-28-24(13-21)18-39(31(28)41)38-12-10-30(40)35-32(38)42/h3-8,13,26-27H,9-12,14-20H2,1-2H3,(H,35,40,42). The highest BCUT2D eigenvalue weighted by Gasteiger charge is 2.44. The van der Waals surface area contributed by atoms with Gasteiger partial charge in [0, 0.05) is 55.3 Å². The highest BCUT2D eigenvalue weighted by Crippen LogP contribution is 2.44. The number of rotatable bonds is 6. The zero-order valence-corrected chi connectivity index (χ0v) is 25.1. The van der Waals surface area contributed by atoms with Crippen molar-refractivity contribution in [2.45, 2.75) is 71.1 Å². The lowest BCUT2D eigenvalue weighted by Crippen LogP contribution is -2.56. The van der Waals surface area contributed by atoms with Gasteiger partial charge in [0.05, 0.1) is 13.1 Å². The van der Waals surface area contributed by atoms with Gasteiger partial charge in [0.25, 0.3) is 5.91 Å². The van der Waals surface area contributed by atoms with E-state index < -0.39 is 6.03 Å². The minimum absolute atomic E-state index is 0.185. The van der Waals surface area contributed by atoms with Crippen molar-refractivity contribution in [3.63, 3.8) is 0 Å². The van der Waals surface area contributed by atoms with Gasteiger partial charge in [0.2, 0.25) is 5.91 Å². The summed E-state index contributed by atoms with van der Waals surface area (Å²) in [6.07, 6.45) is 4.89. The van der Waals surface area contributed by atoms with Crippen LogP contribution in [0.25, 0.3) is 5.57 Å². The minimum atomic E-state index is -0.529. The Kier molecular flexibility index (Phi) is 6.91. The number of piperazine rings is 1. The number of urea groups is 1. The molecule has 4 aliphatic heterocycles. The Morgan fingerprint density at radius 1 is 0.929 bits per heavy atom. The van der Waals surface area contributed by atoms with Gasteiger partial charge in [0.15, 0.2) is 0 Å². The highest BCUT2D eigenvalue weighted by atomic mass is 35.5. The van der Waals surface area contributed by atoms with Crippen molar-refractivity contribution < 1.29 is 14.4 Å². The van der Waals surface area contributed by atoms with Gasteiger partial charge in [-0.25, -0.2) is 14.8 Å². The topological polar surface area (TPSA) is 76.2 Å². The average molecular weight is 588 g/mol. The molecule has 1 N–H and O–H groups in total. The van der Waals surface area contributed by atoms with Crippen LogP contribution in [0.2, 0.25) is 5.02 Å². The molecule has 2 bridgehead atoms. The third-order valence-electron chi connectivity index (χ3n) is 9.90. The van der Waals surface area contributed by atoms with Crippen LogP contribution in [0.3, 0.4) is 0 Å². The molecule has 2 aromatic carbocycles. The van der Waals surface area contributed by atoms with Crippen LogP contribution >= 0.6 is 11.6 Å². The smallest absolute Gasteiger partial charge is 0.294 e. The SMILES string of the molecule is CC1(C)CCC(CN2CC3CC2CN3Cc2ccc3c(c2)CN(N2CCC(=O)NC2=O)C3=O)=C(c2ccc(Cl)cc2)C1. The number of benzene rings is 2. The van der Waals surface area contributed by atoms with Crippen molar-refractivity contribution in [2.75, 3.05) is 26.2 Å². The lowest BCUT2D eigenvalue weighted by Gasteiger charge is -2.38. The van der Waals surface area contributed by atoms with E-state index in [0.717, 1.165) is 49.6 Å². The van der Waals surface area contributed by atoms with Gasteiger partial charge in [-0.05, 0) is 71.6 Å². The van der Waals surface area contributed by atoms with E-state index in [9.17, 15) is 14.4 Å². The number of nitrogens with zero attached hydrogens (tertiary/aromatic N) is 4. The van der Waals surface area contributed by atoms with Crippen molar-refractivity contribution in [2.24, 2.45) is 5.41 Å². The van der Waals surface area contributed by atoms with Crippen molar-refractivity contribution in [3.8, 4) is 0 Å². The number of nitrogens with one attached hydrogen (secondary N) is 1. The quantitative estimate of drug-likeness (QED) is 0.510. The molecule has 2 atom stereocenters. The van der Waals surface area contributed by atoms with E-state index in [1.54, 1.807) is 5.57 Å². The lowest BCUT2D eigenvalue weighted by molar-refractivity contribution is -0.123. The number of likely N-dealkylation sites (tertiary alicyclic amines) is 2. The lowest BCUT2D eigenvalue weighted by atomic mass is 9.72. The maximum absolute atomic E-state index is 13.0. The summed E-state index contributed by atoms with van der Waals surface area (Å²) >= 11 is 6.20. The number of hydrazine groups is 1. The van der Waals surface area contributed by atoms with Crippen molar-refractivity contribution in [3.05, 3.63) is 75.3 Å². The van der Waals surface area contributed by atoms with E-state index >= 15 is 0 Å². The molecular weight excluding hydrogens is 550 g/mol. The predicted molar refractivity (Wildman–Crippen MR) is 161 cm³/mol. The van der Waals surface area contributed by atoms with Gasteiger partial charge >= 0.3 is 6.03 Å². The van der Waals surface area contributed by atoms with E-state index in [1.807, 2.05) is 18.2 Å². The van der Waals surface area contributed by atoms with Crippen LogP contribution in [0.5, 0.6) is 0 Å². The van der Waals surface area contributed by atoms with E-state index in [4.69, 9.17) is 11.6 Å². The Balaban J connectivity index is 1.01. The van der Waals surface area contributed by atoms with E-state index in [2.05, 4.69) is 53.2 Å². The van der Waals surface area contributed by atoms with Crippen molar-refractivity contribution in [1.82, 2.24) is 25.1 Å². The zero-order valence-electron chi connectivity index (χ0n) is 24.4. The Labute approximate surface area is 252 Å². The Morgan fingerprint density at radius 2 is 1.67 bits per heavy atom. The number of fused-ring (bicyclic) bond motifs is 3. The normalized spacial score (nSPS) is 25.9. The maximum atomic E-state index is 13.0. The average Bonchev–Trinajstić information content (AvgIpc) is 3.62. The van der Waals surface area contributed by atoms with E-state index in [-0.39, 0.29) is 24.8 Å². The second kappa shape index (κ2) is 10.5. The number of hydrogen-bond donors (Lipinski definition) is 1. The second-order valence-corrected chi connectivity index (χ2v) is 13.8. The third kappa shape index (κ3) is 5.14. The Morgan fingerprint density at radius 3 is 2.38 bits per heavy atom. The van der Waals surface area contributed by atoms with Crippen LogP contribution in [0.15, 0.2) is 48.0 Å². The molecule has 9 heteroatoms. The van der Waals surface area contributed by atoms with Crippen molar-refractivity contribution >= 4 is 35.0 Å². The number of carbonyl (C=O) groups is 3. The number of allylic oxidation sites excluding steroid dienone is 1. The fourth-order valence-corrected chi connectivity index (χ4v) is 7.73. The molecule has 0 spiro atoms. The summed E-state index contributed by atoms with van der Waals surface area (Å²) in [7, 11) is 0. The Hall–Kier alpha value is -3.20. The summed E-state index contributed by atoms with van der Waals surface area (Å²) in [6, 6.07) is 15.0. The number of carbonyl (C=O) groups excluding carboxylic acids is 3. The molecule has 2 unspecified atom stereocenters. The first-order valence-electron chi connectivity index (χ1n) is 15.1. The molecule has 1 aliphatic carbocycles. The summed E-state index contributed by atoms with van der Waals surface area (Å²) < 4.78 is 0. The van der Waals surface area contributed by atoms with Crippen LogP contribution in [0, 0.1) is 5.41 Å². The van der Waals surface area contributed by atoms with Gasteiger partial charge in [-0.1, -0.05) is 55.3 Å². The first-order chi connectivity index (χ1) is 20.1. The molecule has 8 nitrogen and oxygen atoms in total. The molecule has 4 heterocycles. The summed E-state index contributed by atoms with van der Waals surface area (Å²) in [6.45, 7) is 9.40. The fraction of sp³-hybridized carbons (Fsp3) is 0.485. The molecular formula is C33H38ClN5O3. The number of imide groups is 1. The molecule has 4 amide bonds. The molecule has 3 fully saturated rings. The summed E-state index contributed by atoms with van der Waals surface area (Å²) in [4.78, 5) is 42.2. The maximum Gasteiger partial charge on any atom is 0.342 e. The van der Waals surface area contributed by atoms with Crippen molar-refractivity contribution in [1.29, 1.82) is 0 Å².